The Bertz CT molecular complexity index is 1040. The van der Waals surface area contributed by atoms with Crippen molar-refractivity contribution in [3.05, 3.63) is 70.8 Å². The number of aromatic nitrogens is 1. The van der Waals surface area contributed by atoms with Gasteiger partial charge in [0.2, 0.25) is 0 Å². The molecule has 4 aliphatic heterocycles. The van der Waals surface area contributed by atoms with Gasteiger partial charge in [-0.2, -0.15) is 0 Å². The molecule has 8 bridgehead atoms. The average Bonchev–Trinajstić information content (AvgIpc) is 3.24. The molecule has 1 aromatic rings. The fourth-order valence-electron chi connectivity index (χ4n) is 2.57. The maximum atomic E-state index is 4.55. The van der Waals surface area contributed by atoms with Crippen LogP contribution in [0.4, 0.5) is 0 Å². The summed E-state index contributed by atoms with van der Waals surface area (Å²) < 4.78 is 0. The quantitative estimate of drug-likeness (QED) is 0.714. The van der Waals surface area contributed by atoms with E-state index in [9.17, 15) is 0 Å². The lowest BCUT2D eigenvalue weighted by Gasteiger charge is -2.00. The number of allylic oxidation sites excluding steroid dienone is 2. The summed E-state index contributed by atoms with van der Waals surface area (Å²) in [7, 11) is 0. The Hall–Kier alpha value is -3.28. The van der Waals surface area contributed by atoms with E-state index in [0.29, 0.717) is 5.84 Å². The molecule has 104 valence electrons. The summed E-state index contributed by atoms with van der Waals surface area (Å²) in [5.74, 6) is 2.18. The van der Waals surface area contributed by atoms with Gasteiger partial charge in [-0.15, -0.1) is 0 Å². The number of nitrogens with zero attached hydrogens (tertiary/aromatic N) is 4. The van der Waals surface area contributed by atoms with Gasteiger partial charge in [0.15, 0.2) is 5.84 Å². The standard InChI is InChI=1S/C16H10N6/c1-5-13-17-9(1)10-2-6-14(18-10)22-16-8-4-12(20-16)11-3-7-15(19-11)21-13/h1-8H,(H,17,19,21)(H,18,20,22). The predicted octanol–water partition coefficient (Wildman–Crippen LogP) is 0.462. The lowest BCUT2D eigenvalue weighted by molar-refractivity contribution is 1.17. The molecule has 4 aliphatic rings. The lowest BCUT2D eigenvalue weighted by atomic mass is 10.3. The normalized spacial score (nSPS) is 20.5. The summed E-state index contributed by atoms with van der Waals surface area (Å²) in [5, 5.41) is 4.13. The molecule has 2 N–H and O–H groups in total. The molecule has 0 atom stereocenters. The van der Waals surface area contributed by atoms with Crippen molar-refractivity contribution in [3.63, 3.8) is 0 Å². The van der Waals surface area contributed by atoms with Crippen LogP contribution in [0.5, 0.6) is 0 Å². The molecule has 0 saturated carbocycles. The average molecular weight is 286 g/mol. The van der Waals surface area contributed by atoms with Crippen molar-refractivity contribution >= 4 is 23.2 Å². The highest BCUT2D eigenvalue weighted by molar-refractivity contribution is 6.14. The molecule has 22 heavy (non-hydrogen) atoms. The van der Waals surface area contributed by atoms with Crippen molar-refractivity contribution in [2.45, 2.75) is 0 Å². The molecule has 6 heteroatoms. The van der Waals surface area contributed by atoms with Crippen LogP contribution in [0.25, 0.3) is 5.70 Å². The highest BCUT2D eigenvalue weighted by Gasteiger charge is 2.14. The largest absolute Gasteiger partial charge is 0.338 e. The van der Waals surface area contributed by atoms with E-state index in [1.165, 1.54) is 0 Å². The molecule has 5 heterocycles. The molecule has 6 nitrogen and oxygen atoms in total. The predicted molar refractivity (Wildman–Crippen MR) is 84.9 cm³/mol. The number of hydrogen-bond donors (Lipinski definition) is 2. The van der Waals surface area contributed by atoms with E-state index in [4.69, 9.17) is 0 Å². The first kappa shape index (κ1) is 11.4. The molecule has 0 amide bonds. The molecule has 1 aromatic heterocycles. The molecule has 0 unspecified atom stereocenters. The Morgan fingerprint density at radius 2 is 1.36 bits per heavy atom. The highest BCUT2D eigenvalue weighted by atomic mass is 15.1. The molecule has 0 aromatic carbocycles. The second kappa shape index (κ2) is 4.11. The number of hydrogen-bond acceptors (Lipinski definition) is 5. The Labute approximate surface area is 125 Å². The topological polar surface area (TPSA) is 77.3 Å². The van der Waals surface area contributed by atoms with Gasteiger partial charge in [-0.3, -0.25) is 0 Å². The first-order valence-electron chi connectivity index (χ1n) is 6.93. The number of nitrogens with one attached hydrogen (secondary N) is 2. The van der Waals surface area contributed by atoms with Crippen molar-refractivity contribution in [2.75, 3.05) is 0 Å². The van der Waals surface area contributed by atoms with Gasteiger partial charge in [-0.05, 0) is 48.6 Å². The summed E-state index contributed by atoms with van der Waals surface area (Å²) in [6.07, 6.45) is 11.5. The molecular weight excluding hydrogens is 276 g/mol. The Balaban J connectivity index is 1.79. The van der Waals surface area contributed by atoms with Gasteiger partial charge >= 0.3 is 0 Å². The van der Waals surface area contributed by atoms with Gasteiger partial charge in [0, 0.05) is 0 Å². The zero-order chi connectivity index (χ0) is 14.5. The summed E-state index contributed by atoms with van der Waals surface area (Å²) in [5.41, 5.74) is 3.25. The molecule has 0 spiro atoms. The van der Waals surface area contributed by atoms with Gasteiger partial charge in [-0.25, -0.2) is 20.0 Å². The van der Waals surface area contributed by atoms with E-state index >= 15 is 0 Å². The number of H-pyrrole nitrogens is 1. The van der Waals surface area contributed by atoms with Crippen LogP contribution in [0.15, 0.2) is 80.0 Å². The first-order valence-corrected chi connectivity index (χ1v) is 6.93. The maximum Gasteiger partial charge on any atom is 0.155 e. The van der Waals surface area contributed by atoms with Crippen LogP contribution in [0, 0.1) is 0 Å². The minimum absolute atomic E-state index is 0.661. The Morgan fingerprint density at radius 3 is 2.27 bits per heavy atom. The van der Waals surface area contributed by atoms with Crippen LogP contribution in [0.1, 0.15) is 0 Å². The Morgan fingerprint density at radius 1 is 0.636 bits per heavy atom. The lowest BCUT2D eigenvalue weighted by Crippen LogP contribution is -2.25. The summed E-state index contributed by atoms with van der Waals surface area (Å²) in [4.78, 5) is 21.3. The van der Waals surface area contributed by atoms with Crippen LogP contribution in [0.2, 0.25) is 0 Å². The number of amidine groups is 3. The summed E-state index contributed by atoms with van der Waals surface area (Å²) >= 11 is 0. The van der Waals surface area contributed by atoms with Crippen LogP contribution in [-0.4, -0.2) is 22.5 Å². The van der Waals surface area contributed by atoms with Crippen molar-refractivity contribution < 1.29 is 0 Å². The van der Waals surface area contributed by atoms with Gasteiger partial charge in [0.05, 0.1) is 22.4 Å². The zero-order valence-corrected chi connectivity index (χ0v) is 11.4. The second-order valence-electron chi connectivity index (χ2n) is 5.11. The van der Waals surface area contributed by atoms with E-state index in [2.05, 4.69) is 30.3 Å². The van der Waals surface area contributed by atoms with Crippen molar-refractivity contribution in [3.8, 4) is 0 Å². The summed E-state index contributed by atoms with van der Waals surface area (Å²) in [6.45, 7) is 0. The molecule has 0 radical (unpaired) electrons. The fraction of sp³-hybridized carbons (Fsp3) is 0. The van der Waals surface area contributed by atoms with Crippen LogP contribution < -0.4 is 16.2 Å². The molecule has 0 fully saturated rings. The molecular formula is C16H10N6. The third-order valence-electron chi connectivity index (χ3n) is 3.61. The minimum atomic E-state index is 0.661. The van der Waals surface area contributed by atoms with Crippen molar-refractivity contribution in [1.82, 2.24) is 10.3 Å². The van der Waals surface area contributed by atoms with Crippen LogP contribution in [-0.2, 0) is 0 Å². The van der Waals surface area contributed by atoms with Gasteiger partial charge < -0.3 is 10.3 Å². The van der Waals surface area contributed by atoms with Gasteiger partial charge in [0.1, 0.15) is 17.2 Å². The first-order chi connectivity index (χ1) is 10.8. The summed E-state index contributed by atoms with van der Waals surface area (Å²) in [6, 6.07) is 3.89. The second-order valence-corrected chi connectivity index (χ2v) is 5.11. The maximum absolute atomic E-state index is 4.55. The number of rotatable bonds is 0. The van der Waals surface area contributed by atoms with Gasteiger partial charge in [0.25, 0.3) is 0 Å². The molecule has 0 aliphatic carbocycles. The van der Waals surface area contributed by atoms with E-state index in [1.54, 1.807) is 0 Å². The highest BCUT2D eigenvalue weighted by Crippen LogP contribution is 2.20. The smallest absolute Gasteiger partial charge is 0.155 e. The van der Waals surface area contributed by atoms with E-state index in [-0.39, 0.29) is 0 Å². The third kappa shape index (κ3) is 1.74. The SMILES string of the molecule is C1=CC2=C3C=CC(=N3)NC3=NC(=c4ccc([nH]4)=NC1=N2)C=C3. The Kier molecular flexibility index (Phi) is 2.13. The number of aromatic amines is 1. The molecule has 5 rings (SSSR count). The van der Waals surface area contributed by atoms with E-state index in [1.807, 2.05) is 48.6 Å². The van der Waals surface area contributed by atoms with Crippen molar-refractivity contribution in [1.29, 1.82) is 0 Å². The minimum Gasteiger partial charge on any atom is -0.338 e. The number of fused-ring (bicyclic) bond motifs is 5. The van der Waals surface area contributed by atoms with E-state index < -0.39 is 0 Å². The van der Waals surface area contributed by atoms with Gasteiger partial charge in [-0.1, -0.05) is 0 Å². The van der Waals surface area contributed by atoms with Crippen molar-refractivity contribution in [2.24, 2.45) is 20.0 Å². The van der Waals surface area contributed by atoms with Crippen LogP contribution in [0.3, 0.4) is 0 Å². The van der Waals surface area contributed by atoms with Crippen LogP contribution >= 0.6 is 0 Å². The number of aliphatic imine (C=N–C) groups is 3. The fourth-order valence-corrected chi connectivity index (χ4v) is 2.57. The van der Waals surface area contributed by atoms with E-state index in [0.717, 1.165) is 39.6 Å². The third-order valence-corrected chi connectivity index (χ3v) is 3.61. The monoisotopic (exact) mass is 286 g/mol. The molecule has 0 saturated heterocycles. The zero-order valence-electron chi connectivity index (χ0n) is 11.4.